The van der Waals surface area contributed by atoms with Gasteiger partial charge in [-0.15, -0.1) is 11.8 Å². The average molecular weight is 429 g/mol. The van der Waals surface area contributed by atoms with E-state index in [0.717, 1.165) is 36.0 Å². The van der Waals surface area contributed by atoms with Crippen molar-refractivity contribution < 1.29 is 8.78 Å². The highest BCUT2D eigenvalue weighted by Crippen LogP contribution is 2.36. The third-order valence-corrected chi connectivity index (χ3v) is 6.57. The number of thioether (sulfide) groups is 1. The smallest absolute Gasteiger partial charge is 0.306 e. The molecule has 1 aromatic carbocycles. The van der Waals surface area contributed by atoms with Crippen LogP contribution in [0.15, 0.2) is 34.1 Å². The summed E-state index contributed by atoms with van der Waals surface area (Å²) in [4.78, 5) is 19.6. The third kappa shape index (κ3) is 3.99. The molecular formula is C22H22F2N4OS. The predicted molar refractivity (Wildman–Crippen MR) is 113 cm³/mol. The van der Waals surface area contributed by atoms with Gasteiger partial charge in [0.1, 0.15) is 11.1 Å². The van der Waals surface area contributed by atoms with Gasteiger partial charge in [0.2, 0.25) is 0 Å². The highest BCUT2D eigenvalue weighted by Gasteiger charge is 2.26. The number of H-pyrrole nitrogens is 1. The fourth-order valence-electron chi connectivity index (χ4n) is 4.10. The first-order chi connectivity index (χ1) is 14.6. The van der Waals surface area contributed by atoms with E-state index in [4.69, 9.17) is 0 Å². The summed E-state index contributed by atoms with van der Waals surface area (Å²) in [6.07, 6.45) is 1.99. The van der Waals surface area contributed by atoms with E-state index < -0.39 is 6.43 Å². The van der Waals surface area contributed by atoms with Crippen LogP contribution in [0.5, 0.6) is 0 Å². The first kappa shape index (κ1) is 20.6. The molecule has 5 nitrogen and oxygen atoms in total. The van der Waals surface area contributed by atoms with Gasteiger partial charge < -0.3 is 4.98 Å². The van der Waals surface area contributed by atoms with E-state index in [1.54, 1.807) is 4.57 Å². The molecule has 2 heterocycles. The number of aryl methyl sites for hydroxylation is 2. The van der Waals surface area contributed by atoms with Crippen LogP contribution in [-0.2, 0) is 19.4 Å². The lowest BCUT2D eigenvalue weighted by Gasteiger charge is -2.16. The van der Waals surface area contributed by atoms with E-state index in [9.17, 15) is 18.8 Å². The number of pyridine rings is 1. The van der Waals surface area contributed by atoms with E-state index in [1.165, 1.54) is 11.8 Å². The molecule has 4 rings (SSSR count). The monoisotopic (exact) mass is 428 g/mol. The maximum atomic E-state index is 13.9. The van der Waals surface area contributed by atoms with Crippen LogP contribution in [0.2, 0.25) is 0 Å². The SMILES string of the molecule is N#Cc1c(SCCCn2c(=O)[nH]c3ccccc32)nc2c(c1C(F)F)CCCCC2. The molecule has 0 saturated carbocycles. The molecule has 3 aromatic rings. The Labute approximate surface area is 177 Å². The minimum atomic E-state index is -2.68. The van der Waals surface area contributed by atoms with Gasteiger partial charge >= 0.3 is 5.69 Å². The largest absolute Gasteiger partial charge is 0.326 e. The molecular weight excluding hydrogens is 406 g/mol. The lowest BCUT2D eigenvalue weighted by molar-refractivity contribution is 0.149. The zero-order valence-corrected chi connectivity index (χ0v) is 17.3. The fourth-order valence-corrected chi connectivity index (χ4v) is 5.04. The molecule has 0 radical (unpaired) electrons. The predicted octanol–water partition coefficient (Wildman–Crippen LogP) is 4.99. The average Bonchev–Trinajstić information content (AvgIpc) is 2.89. The number of fused-ring (bicyclic) bond motifs is 2. The van der Waals surface area contributed by atoms with Gasteiger partial charge in [0.05, 0.1) is 16.6 Å². The van der Waals surface area contributed by atoms with Crippen LogP contribution in [0.4, 0.5) is 8.78 Å². The second kappa shape index (κ2) is 9.00. The molecule has 0 amide bonds. The van der Waals surface area contributed by atoms with Crippen LogP contribution >= 0.6 is 11.8 Å². The lowest BCUT2D eigenvalue weighted by Crippen LogP contribution is -2.17. The second-order valence-corrected chi connectivity index (χ2v) is 8.49. The summed E-state index contributed by atoms with van der Waals surface area (Å²) in [5.41, 5.74) is 2.65. The Morgan fingerprint density at radius 2 is 2.03 bits per heavy atom. The molecule has 0 fully saturated rings. The maximum absolute atomic E-state index is 13.9. The minimum Gasteiger partial charge on any atom is -0.306 e. The molecule has 0 atom stereocenters. The Hall–Kier alpha value is -2.66. The Morgan fingerprint density at radius 1 is 1.23 bits per heavy atom. The van der Waals surface area contributed by atoms with Gasteiger partial charge in [-0.1, -0.05) is 18.6 Å². The van der Waals surface area contributed by atoms with Crippen LogP contribution in [0.1, 0.15) is 54.5 Å². The van der Waals surface area contributed by atoms with Crippen LogP contribution in [0.25, 0.3) is 11.0 Å². The summed E-state index contributed by atoms with van der Waals surface area (Å²) in [6, 6.07) is 9.47. The van der Waals surface area contributed by atoms with Crippen molar-refractivity contribution in [2.75, 3.05) is 5.75 Å². The number of alkyl halides is 2. The lowest BCUT2D eigenvalue weighted by atomic mass is 9.98. The topological polar surface area (TPSA) is 74.5 Å². The van der Waals surface area contributed by atoms with Crippen molar-refractivity contribution >= 4 is 22.8 Å². The number of aromatic amines is 1. The fraction of sp³-hybridized carbons (Fsp3) is 0.409. The molecule has 0 aliphatic heterocycles. The number of aromatic nitrogens is 3. The van der Waals surface area contributed by atoms with E-state index >= 15 is 0 Å². The third-order valence-electron chi connectivity index (χ3n) is 5.51. The van der Waals surface area contributed by atoms with Crippen LogP contribution < -0.4 is 5.69 Å². The number of nitriles is 1. The van der Waals surface area contributed by atoms with E-state index in [0.29, 0.717) is 42.1 Å². The Balaban J connectivity index is 1.54. The van der Waals surface area contributed by atoms with Crippen molar-refractivity contribution in [3.05, 3.63) is 57.1 Å². The molecule has 2 aromatic heterocycles. The molecule has 1 N–H and O–H groups in total. The Bertz CT molecular complexity index is 1160. The number of imidazole rings is 1. The molecule has 8 heteroatoms. The molecule has 0 bridgehead atoms. The highest BCUT2D eigenvalue weighted by molar-refractivity contribution is 7.99. The second-order valence-electron chi connectivity index (χ2n) is 7.40. The summed E-state index contributed by atoms with van der Waals surface area (Å²) >= 11 is 1.32. The van der Waals surface area contributed by atoms with E-state index in [1.807, 2.05) is 30.3 Å². The standard InChI is InChI=1S/C22H22F2N4OS/c23-20(24)19-14-7-2-1-3-8-16(14)26-21(15(19)13-25)30-12-6-11-28-18-10-5-4-9-17(18)27-22(28)29/h4-5,9-10,20H,1-3,6-8,11-12H2,(H,27,29). The van der Waals surface area contributed by atoms with Crippen molar-refractivity contribution in [1.29, 1.82) is 5.26 Å². The van der Waals surface area contributed by atoms with Crippen molar-refractivity contribution in [3.8, 4) is 6.07 Å². The van der Waals surface area contributed by atoms with Gasteiger partial charge in [0, 0.05) is 23.6 Å². The molecule has 156 valence electrons. The number of para-hydroxylation sites is 2. The summed E-state index contributed by atoms with van der Waals surface area (Å²) in [6.45, 7) is 0.504. The maximum Gasteiger partial charge on any atom is 0.326 e. The molecule has 0 saturated heterocycles. The van der Waals surface area contributed by atoms with Gasteiger partial charge in [0.25, 0.3) is 6.43 Å². The van der Waals surface area contributed by atoms with Crippen molar-refractivity contribution in [3.63, 3.8) is 0 Å². The number of hydrogen-bond acceptors (Lipinski definition) is 4. The summed E-state index contributed by atoms with van der Waals surface area (Å²) in [5, 5.41) is 9.98. The van der Waals surface area contributed by atoms with Gasteiger partial charge in [-0.2, -0.15) is 5.26 Å². The number of nitrogens with one attached hydrogen (secondary N) is 1. The van der Waals surface area contributed by atoms with Gasteiger partial charge in [-0.3, -0.25) is 4.57 Å². The number of benzene rings is 1. The number of rotatable bonds is 6. The highest BCUT2D eigenvalue weighted by atomic mass is 32.2. The Kier molecular flexibility index (Phi) is 6.18. The first-order valence-electron chi connectivity index (χ1n) is 10.1. The van der Waals surface area contributed by atoms with E-state index in [2.05, 4.69) is 9.97 Å². The van der Waals surface area contributed by atoms with Gasteiger partial charge in [0.15, 0.2) is 0 Å². The van der Waals surface area contributed by atoms with Crippen molar-refractivity contribution in [1.82, 2.24) is 14.5 Å². The van der Waals surface area contributed by atoms with Crippen LogP contribution in [-0.4, -0.2) is 20.3 Å². The van der Waals surface area contributed by atoms with Crippen molar-refractivity contribution in [2.24, 2.45) is 0 Å². The molecule has 1 aliphatic carbocycles. The Morgan fingerprint density at radius 3 is 2.83 bits per heavy atom. The minimum absolute atomic E-state index is 0.0138. The molecule has 1 aliphatic rings. The zero-order chi connectivity index (χ0) is 21.1. The number of halogens is 2. The molecule has 30 heavy (non-hydrogen) atoms. The molecule has 0 spiro atoms. The summed E-state index contributed by atoms with van der Waals surface area (Å²) in [7, 11) is 0. The summed E-state index contributed by atoms with van der Waals surface area (Å²) < 4.78 is 29.4. The van der Waals surface area contributed by atoms with Crippen LogP contribution in [0.3, 0.4) is 0 Å². The number of nitrogens with zero attached hydrogens (tertiary/aromatic N) is 3. The summed E-state index contributed by atoms with van der Waals surface area (Å²) in [5.74, 6) is 0.578. The van der Waals surface area contributed by atoms with Crippen molar-refractivity contribution in [2.45, 2.75) is 56.5 Å². The van der Waals surface area contributed by atoms with Crippen LogP contribution in [0, 0.1) is 11.3 Å². The van der Waals surface area contributed by atoms with Gasteiger partial charge in [-0.05, 0) is 49.8 Å². The normalized spacial score (nSPS) is 13.9. The first-order valence-corrected chi connectivity index (χ1v) is 11.1. The zero-order valence-electron chi connectivity index (χ0n) is 16.5. The number of hydrogen-bond donors (Lipinski definition) is 1. The van der Waals surface area contributed by atoms with Gasteiger partial charge in [-0.25, -0.2) is 18.6 Å². The molecule has 0 unspecified atom stereocenters. The quantitative estimate of drug-likeness (QED) is 0.341. The van der Waals surface area contributed by atoms with E-state index in [-0.39, 0.29) is 16.8 Å².